The summed E-state index contributed by atoms with van der Waals surface area (Å²) in [5.41, 5.74) is 3.18. The van der Waals surface area contributed by atoms with E-state index in [4.69, 9.17) is 0 Å². The fraction of sp³-hybridized carbons (Fsp3) is 0.500. The summed E-state index contributed by atoms with van der Waals surface area (Å²) in [6.45, 7) is 5.73. The number of aliphatic hydroxyl groups excluding tert-OH is 1. The van der Waals surface area contributed by atoms with Crippen LogP contribution in [-0.2, 0) is 20.1 Å². The lowest BCUT2D eigenvalue weighted by molar-refractivity contribution is 0.103. The highest BCUT2D eigenvalue weighted by molar-refractivity contribution is 5.10. The molecule has 0 amide bonds. The highest BCUT2D eigenvalue weighted by atomic mass is 16.3. The van der Waals surface area contributed by atoms with Crippen LogP contribution in [0.2, 0.25) is 0 Å². The Kier molecular flexibility index (Phi) is 5.47. The molecule has 0 aliphatic carbocycles. The van der Waals surface area contributed by atoms with Gasteiger partial charge in [0, 0.05) is 32.4 Å². The fourth-order valence-corrected chi connectivity index (χ4v) is 2.54. The minimum Gasteiger partial charge on any atom is -0.395 e. The normalized spacial score (nSPS) is 12.8. The van der Waals surface area contributed by atoms with Crippen molar-refractivity contribution in [1.82, 2.24) is 19.7 Å². The van der Waals surface area contributed by atoms with E-state index in [2.05, 4.69) is 28.0 Å². The summed E-state index contributed by atoms with van der Waals surface area (Å²) in [6, 6.07) is 8.15. The first-order valence-corrected chi connectivity index (χ1v) is 7.38. The third kappa shape index (κ3) is 4.12. The Morgan fingerprint density at radius 1 is 1.33 bits per heavy atom. The first-order valence-electron chi connectivity index (χ1n) is 7.38. The molecule has 21 heavy (non-hydrogen) atoms. The zero-order chi connectivity index (χ0) is 15.2. The molecule has 1 N–H and O–H groups in total. The Morgan fingerprint density at radius 2 is 2.14 bits per heavy atom. The second-order valence-corrected chi connectivity index (χ2v) is 5.37. The number of hydrogen-bond acceptors (Lipinski definition) is 4. The summed E-state index contributed by atoms with van der Waals surface area (Å²) < 4.78 is 1.91. The molecule has 5 nitrogen and oxygen atoms in total. The molecule has 0 aliphatic rings. The molecule has 0 spiro atoms. The van der Waals surface area contributed by atoms with Gasteiger partial charge in [-0.15, -0.1) is 0 Å². The van der Waals surface area contributed by atoms with Gasteiger partial charge in [0.25, 0.3) is 0 Å². The van der Waals surface area contributed by atoms with Gasteiger partial charge in [-0.3, -0.25) is 14.6 Å². The summed E-state index contributed by atoms with van der Waals surface area (Å²) in [4.78, 5) is 6.66. The van der Waals surface area contributed by atoms with Gasteiger partial charge in [0.15, 0.2) is 0 Å². The molecule has 0 radical (unpaired) electrons. The summed E-state index contributed by atoms with van der Waals surface area (Å²) in [7, 11) is 1.96. The van der Waals surface area contributed by atoms with Crippen LogP contribution in [0.3, 0.4) is 0 Å². The molecule has 0 fully saturated rings. The molecule has 0 aliphatic heterocycles. The Hall–Kier alpha value is -1.72. The van der Waals surface area contributed by atoms with Crippen molar-refractivity contribution >= 4 is 0 Å². The van der Waals surface area contributed by atoms with E-state index < -0.39 is 0 Å². The highest BCUT2D eigenvalue weighted by Crippen LogP contribution is 2.14. The molecule has 2 aromatic rings. The summed E-state index contributed by atoms with van der Waals surface area (Å²) in [5, 5.41) is 14.0. The van der Waals surface area contributed by atoms with E-state index in [9.17, 15) is 5.11 Å². The second kappa shape index (κ2) is 7.33. The van der Waals surface area contributed by atoms with Crippen LogP contribution in [0.1, 0.15) is 30.4 Å². The zero-order valence-electron chi connectivity index (χ0n) is 13.0. The van der Waals surface area contributed by atoms with E-state index in [1.807, 2.05) is 43.0 Å². The van der Waals surface area contributed by atoms with Crippen LogP contribution in [-0.4, -0.2) is 37.4 Å². The van der Waals surface area contributed by atoms with Crippen LogP contribution in [0.15, 0.2) is 30.5 Å². The lowest BCUT2D eigenvalue weighted by Gasteiger charge is -2.29. The predicted octanol–water partition coefficient (Wildman–Crippen LogP) is 1.90. The molecule has 1 atom stereocenters. The number of rotatable bonds is 7. The van der Waals surface area contributed by atoms with Crippen LogP contribution in [0, 0.1) is 6.92 Å². The van der Waals surface area contributed by atoms with E-state index in [1.54, 1.807) is 0 Å². The van der Waals surface area contributed by atoms with Crippen molar-refractivity contribution < 1.29 is 5.11 Å². The van der Waals surface area contributed by atoms with Gasteiger partial charge < -0.3 is 5.11 Å². The minimum absolute atomic E-state index is 0.127. The molecule has 0 saturated heterocycles. The lowest BCUT2D eigenvalue weighted by atomic mass is 10.1. The lowest BCUT2D eigenvalue weighted by Crippen LogP contribution is -2.37. The molecule has 0 aromatic carbocycles. The van der Waals surface area contributed by atoms with Gasteiger partial charge in [-0.25, -0.2) is 0 Å². The minimum atomic E-state index is 0.127. The van der Waals surface area contributed by atoms with Crippen LogP contribution in [0.5, 0.6) is 0 Å². The van der Waals surface area contributed by atoms with Crippen molar-refractivity contribution in [2.24, 2.45) is 7.05 Å². The average molecular weight is 288 g/mol. The van der Waals surface area contributed by atoms with Crippen molar-refractivity contribution in [3.8, 4) is 0 Å². The summed E-state index contributed by atoms with van der Waals surface area (Å²) in [6.07, 6.45) is 2.71. The first kappa shape index (κ1) is 15.7. The molecule has 5 heteroatoms. The first-order chi connectivity index (χ1) is 10.1. The molecular weight excluding hydrogens is 264 g/mol. The van der Waals surface area contributed by atoms with E-state index in [0.29, 0.717) is 0 Å². The van der Waals surface area contributed by atoms with Gasteiger partial charge in [-0.1, -0.05) is 13.0 Å². The van der Waals surface area contributed by atoms with Crippen LogP contribution < -0.4 is 0 Å². The van der Waals surface area contributed by atoms with Crippen molar-refractivity contribution in [1.29, 1.82) is 0 Å². The van der Waals surface area contributed by atoms with Gasteiger partial charge in [0.2, 0.25) is 0 Å². The van der Waals surface area contributed by atoms with Crippen molar-refractivity contribution in [3.63, 3.8) is 0 Å². The van der Waals surface area contributed by atoms with E-state index in [0.717, 1.165) is 36.6 Å². The largest absolute Gasteiger partial charge is 0.395 e. The molecule has 1 unspecified atom stereocenters. The van der Waals surface area contributed by atoms with Crippen LogP contribution in [0.25, 0.3) is 0 Å². The predicted molar refractivity (Wildman–Crippen MR) is 82.6 cm³/mol. The second-order valence-electron chi connectivity index (χ2n) is 5.37. The van der Waals surface area contributed by atoms with E-state index in [1.165, 1.54) is 0 Å². The zero-order valence-corrected chi connectivity index (χ0v) is 13.0. The monoisotopic (exact) mass is 288 g/mol. The van der Waals surface area contributed by atoms with Gasteiger partial charge in [-0.2, -0.15) is 5.10 Å². The van der Waals surface area contributed by atoms with Gasteiger partial charge >= 0.3 is 0 Å². The molecule has 0 bridgehead atoms. The molecular formula is C16H24N4O. The maximum Gasteiger partial charge on any atom is 0.0597 e. The topological polar surface area (TPSA) is 54.2 Å². The Balaban J connectivity index is 2.17. The molecule has 114 valence electrons. The quantitative estimate of drug-likeness (QED) is 0.845. The molecule has 2 rings (SSSR count). The number of pyridine rings is 1. The fourth-order valence-electron chi connectivity index (χ4n) is 2.54. The van der Waals surface area contributed by atoms with E-state index in [-0.39, 0.29) is 12.6 Å². The van der Waals surface area contributed by atoms with Gasteiger partial charge in [0.05, 0.1) is 23.7 Å². The number of nitrogens with zero attached hydrogens (tertiary/aromatic N) is 4. The SMILES string of the molecule is CCC(CO)N(Cc1ccccn1)Cc1cc(C)nn1C. The standard InChI is InChI=1S/C16H24N4O/c1-4-15(12-21)20(10-14-7-5-6-8-17-14)11-16-9-13(2)18-19(16)3/h5-9,15,21H,4,10-12H2,1-3H3. The summed E-state index contributed by atoms with van der Waals surface area (Å²) in [5.74, 6) is 0. The summed E-state index contributed by atoms with van der Waals surface area (Å²) >= 11 is 0. The third-order valence-electron chi connectivity index (χ3n) is 3.75. The van der Waals surface area contributed by atoms with Crippen LogP contribution >= 0.6 is 0 Å². The number of aromatic nitrogens is 3. The van der Waals surface area contributed by atoms with E-state index >= 15 is 0 Å². The maximum atomic E-state index is 9.64. The van der Waals surface area contributed by atoms with Gasteiger partial charge in [-0.05, 0) is 31.5 Å². The van der Waals surface area contributed by atoms with Crippen LogP contribution in [0.4, 0.5) is 0 Å². The molecule has 2 heterocycles. The van der Waals surface area contributed by atoms with Gasteiger partial charge in [0.1, 0.15) is 0 Å². The maximum absolute atomic E-state index is 9.64. The number of aliphatic hydroxyl groups is 1. The molecule has 2 aromatic heterocycles. The third-order valence-corrected chi connectivity index (χ3v) is 3.75. The number of aryl methyl sites for hydroxylation is 2. The van der Waals surface area contributed by atoms with Crippen molar-refractivity contribution in [2.45, 2.75) is 39.4 Å². The highest BCUT2D eigenvalue weighted by Gasteiger charge is 2.19. The Morgan fingerprint density at radius 3 is 2.67 bits per heavy atom. The van der Waals surface area contributed by atoms with Crippen molar-refractivity contribution in [3.05, 3.63) is 47.5 Å². The van der Waals surface area contributed by atoms with Crippen molar-refractivity contribution in [2.75, 3.05) is 6.61 Å². The number of hydrogen-bond donors (Lipinski definition) is 1. The Bertz CT molecular complexity index is 549. The molecule has 0 saturated carbocycles. The average Bonchev–Trinajstić information content (AvgIpc) is 2.79. The smallest absolute Gasteiger partial charge is 0.0597 e. The Labute approximate surface area is 126 Å².